The molecule has 7 heteroatoms. The first-order valence-electron chi connectivity index (χ1n) is 8.55. The molecule has 7 nitrogen and oxygen atoms in total. The highest BCUT2D eigenvalue weighted by atomic mass is 16.5. The van der Waals surface area contributed by atoms with E-state index in [9.17, 15) is 4.79 Å². The predicted molar refractivity (Wildman–Crippen MR) is 86.2 cm³/mol. The average Bonchev–Trinajstić information content (AvgIpc) is 3.13. The first-order chi connectivity index (χ1) is 11.8. The molecule has 2 fully saturated rings. The number of carbonyl (C=O) groups excluding carboxylic acids is 1. The van der Waals surface area contributed by atoms with Gasteiger partial charge in [0.15, 0.2) is 5.82 Å². The van der Waals surface area contributed by atoms with Gasteiger partial charge >= 0.3 is 0 Å². The van der Waals surface area contributed by atoms with E-state index in [4.69, 9.17) is 4.74 Å². The summed E-state index contributed by atoms with van der Waals surface area (Å²) in [5.74, 6) is 0.904. The number of ether oxygens (including phenoxy) is 1. The van der Waals surface area contributed by atoms with E-state index in [2.05, 4.69) is 20.7 Å². The van der Waals surface area contributed by atoms with Crippen LogP contribution >= 0.6 is 0 Å². The molecule has 1 aromatic heterocycles. The Morgan fingerprint density at radius 2 is 2.12 bits per heavy atom. The normalized spacial score (nSPS) is 21.6. The molecule has 1 aromatic carbocycles. The lowest BCUT2D eigenvalue weighted by atomic mass is 10.1. The van der Waals surface area contributed by atoms with E-state index in [-0.39, 0.29) is 18.1 Å². The van der Waals surface area contributed by atoms with Crippen molar-refractivity contribution in [2.75, 3.05) is 6.61 Å². The minimum atomic E-state index is -0.170. The van der Waals surface area contributed by atoms with E-state index in [0.29, 0.717) is 23.9 Å². The van der Waals surface area contributed by atoms with E-state index in [1.807, 2.05) is 18.2 Å². The predicted octanol–water partition coefficient (Wildman–Crippen LogP) is 1.73. The molecule has 0 bridgehead atoms. The van der Waals surface area contributed by atoms with Crippen molar-refractivity contribution in [1.29, 1.82) is 0 Å². The summed E-state index contributed by atoms with van der Waals surface area (Å²) in [5.41, 5.74) is 0.648. The van der Waals surface area contributed by atoms with Crippen LogP contribution in [0.25, 0.3) is 0 Å². The second-order valence-electron chi connectivity index (χ2n) is 6.49. The third-order valence-corrected chi connectivity index (χ3v) is 4.55. The van der Waals surface area contributed by atoms with Crippen molar-refractivity contribution in [3.63, 3.8) is 0 Å². The second kappa shape index (κ2) is 6.68. The summed E-state index contributed by atoms with van der Waals surface area (Å²) in [4.78, 5) is 14.0. The van der Waals surface area contributed by atoms with Crippen LogP contribution in [-0.2, 0) is 11.3 Å². The largest absolute Gasteiger partial charge is 0.376 e. The molecule has 1 N–H and O–H groups in total. The lowest BCUT2D eigenvalue weighted by Crippen LogP contribution is -2.30. The average molecular weight is 327 g/mol. The summed E-state index contributed by atoms with van der Waals surface area (Å²) < 4.78 is 5.61. The van der Waals surface area contributed by atoms with Crippen molar-refractivity contribution in [3.05, 3.63) is 41.7 Å². The molecule has 2 aromatic rings. The fraction of sp³-hybridized carbons (Fsp3) is 0.529. The Morgan fingerprint density at radius 1 is 1.29 bits per heavy atom. The zero-order valence-corrected chi connectivity index (χ0v) is 13.5. The molecule has 1 aliphatic heterocycles. The number of nitrogens with one attached hydrogen (secondary N) is 1. The van der Waals surface area contributed by atoms with Gasteiger partial charge in [-0.1, -0.05) is 18.2 Å². The van der Waals surface area contributed by atoms with E-state index in [1.165, 1.54) is 0 Å². The molecule has 24 heavy (non-hydrogen) atoms. The van der Waals surface area contributed by atoms with Crippen LogP contribution in [-0.4, -0.2) is 38.8 Å². The number of aromatic nitrogens is 4. The molecule has 2 heterocycles. The van der Waals surface area contributed by atoms with Crippen LogP contribution in [0, 0.1) is 5.92 Å². The number of tetrazole rings is 1. The minimum Gasteiger partial charge on any atom is -0.376 e. The maximum Gasteiger partial charge on any atom is 0.251 e. The Labute approximate surface area is 140 Å². The summed E-state index contributed by atoms with van der Waals surface area (Å²) >= 11 is 0. The van der Waals surface area contributed by atoms with Crippen molar-refractivity contribution in [1.82, 2.24) is 25.5 Å². The molecule has 0 spiro atoms. The highest BCUT2D eigenvalue weighted by Gasteiger charge is 2.36. The highest BCUT2D eigenvalue weighted by Crippen LogP contribution is 2.39. The molecule has 1 aliphatic carbocycles. The van der Waals surface area contributed by atoms with Crippen LogP contribution in [0.3, 0.4) is 0 Å². The number of hydrogen-bond acceptors (Lipinski definition) is 5. The maximum absolute atomic E-state index is 12.4. The van der Waals surface area contributed by atoms with Gasteiger partial charge in [0.05, 0.1) is 18.7 Å². The molecule has 1 amide bonds. The van der Waals surface area contributed by atoms with Crippen LogP contribution in [0.15, 0.2) is 30.3 Å². The van der Waals surface area contributed by atoms with Gasteiger partial charge in [0.2, 0.25) is 0 Å². The van der Waals surface area contributed by atoms with Gasteiger partial charge in [-0.15, -0.1) is 10.2 Å². The van der Waals surface area contributed by atoms with Gasteiger partial charge < -0.3 is 10.1 Å². The summed E-state index contributed by atoms with van der Waals surface area (Å²) in [6.07, 6.45) is 4.46. The van der Waals surface area contributed by atoms with Crippen molar-refractivity contribution >= 4 is 5.91 Å². The van der Waals surface area contributed by atoms with Gasteiger partial charge in [-0.2, -0.15) is 4.80 Å². The number of nitrogens with zero attached hydrogens (tertiary/aromatic N) is 4. The Balaban J connectivity index is 1.45. The van der Waals surface area contributed by atoms with Crippen molar-refractivity contribution in [2.45, 2.75) is 44.4 Å². The molecule has 1 saturated carbocycles. The third kappa shape index (κ3) is 3.46. The SMILES string of the molecule is O=C(NC(c1nnn(CC2CCCO2)n1)C1CC1)c1ccccc1. The number of hydrogen-bond donors (Lipinski definition) is 1. The van der Waals surface area contributed by atoms with Gasteiger partial charge in [0.1, 0.15) is 0 Å². The van der Waals surface area contributed by atoms with Crippen LogP contribution in [0.2, 0.25) is 0 Å². The first-order valence-corrected chi connectivity index (χ1v) is 8.55. The first kappa shape index (κ1) is 15.3. The Hall–Kier alpha value is -2.28. The highest BCUT2D eigenvalue weighted by molar-refractivity contribution is 5.94. The number of amides is 1. The number of benzene rings is 1. The van der Waals surface area contributed by atoms with Crippen LogP contribution in [0.5, 0.6) is 0 Å². The summed E-state index contributed by atoms with van der Waals surface area (Å²) in [5, 5.41) is 15.9. The zero-order valence-electron chi connectivity index (χ0n) is 13.5. The van der Waals surface area contributed by atoms with Crippen LogP contribution < -0.4 is 5.32 Å². The molecule has 1 saturated heterocycles. The molecule has 2 aliphatic rings. The van der Waals surface area contributed by atoms with Gasteiger partial charge in [-0.05, 0) is 48.9 Å². The van der Waals surface area contributed by atoms with Crippen molar-refractivity contribution in [3.8, 4) is 0 Å². The quantitative estimate of drug-likeness (QED) is 0.874. The number of rotatable bonds is 6. The van der Waals surface area contributed by atoms with E-state index >= 15 is 0 Å². The van der Waals surface area contributed by atoms with Crippen molar-refractivity contribution in [2.24, 2.45) is 5.92 Å². The molecule has 2 atom stereocenters. The molecule has 4 rings (SSSR count). The lowest BCUT2D eigenvalue weighted by molar-refractivity contribution is 0.0892. The molecule has 2 unspecified atom stereocenters. The van der Waals surface area contributed by atoms with Gasteiger partial charge in [-0.3, -0.25) is 4.79 Å². The maximum atomic E-state index is 12.4. The lowest BCUT2D eigenvalue weighted by Gasteiger charge is -2.14. The summed E-state index contributed by atoms with van der Waals surface area (Å²) in [6.45, 7) is 1.43. The van der Waals surface area contributed by atoms with E-state index in [1.54, 1.807) is 16.9 Å². The summed E-state index contributed by atoms with van der Waals surface area (Å²) in [6, 6.07) is 9.06. The topological polar surface area (TPSA) is 81.9 Å². The third-order valence-electron chi connectivity index (χ3n) is 4.55. The van der Waals surface area contributed by atoms with Gasteiger partial charge in [0.25, 0.3) is 5.91 Å². The smallest absolute Gasteiger partial charge is 0.251 e. The Morgan fingerprint density at radius 3 is 2.83 bits per heavy atom. The van der Waals surface area contributed by atoms with Crippen LogP contribution in [0.4, 0.5) is 0 Å². The number of carbonyl (C=O) groups is 1. The Bertz CT molecular complexity index is 692. The zero-order chi connectivity index (χ0) is 16.4. The summed E-state index contributed by atoms with van der Waals surface area (Å²) in [7, 11) is 0. The standard InChI is InChI=1S/C17H21N5O2/c23-17(13-5-2-1-3-6-13)18-15(12-8-9-12)16-19-21-22(20-16)11-14-7-4-10-24-14/h1-3,5-6,12,14-15H,4,7-11H2,(H,18,23). The fourth-order valence-corrected chi connectivity index (χ4v) is 3.06. The minimum absolute atomic E-state index is 0.0945. The molecular formula is C17H21N5O2. The van der Waals surface area contributed by atoms with Gasteiger partial charge in [-0.25, -0.2) is 0 Å². The molecule has 126 valence electrons. The van der Waals surface area contributed by atoms with Crippen LogP contribution in [0.1, 0.15) is 47.9 Å². The Kier molecular flexibility index (Phi) is 4.25. The monoisotopic (exact) mass is 327 g/mol. The van der Waals surface area contributed by atoms with Gasteiger partial charge in [0, 0.05) is 12.2 Å². The van der Waals surface area contributed by atoms with E-state index < -0.39 is 0 Å². The fourth-order valence-electron chi connectivity index (χ4n) is 3.06. The van der Waals surface area contributed by atoms with Crippen molar-refractivity contribution < 1.29 is 9.53 Å². The molecular weight excluding hydrogens is 306 g/mol. The van der Waals surface area contributed by atoms with E-state index in [0.717, 1.165) is 32.3 Å². The molecule has 0 radical (unpaired) electrons. The second-order valence-corrected chi connectivity index (χ2v) is 6.49.